The first-order chi connectivity index (χ1) is 21.1. The van der Waals surface area contributed by atoms with Gasteiger partial charge >= 0.3 is 17.9 Å². The van der Waals surface area contributed by atoms with E-state index in [1.54, 1.807) is 0 Å². The second kappa shape index (κ2) is 17.3. The van der Waals surface area contributed by atoms with Crippen LogP contribution >= 0.6 is 0 Å². The Balaban J connectivity index is 0.000000187. The average molecular weight is 623 g/mol. The zero-order valence-corrected chi connectivity index (χ0v) is 28.7. The maximum absolute atomic E-state index is 12.6. The molecule has 0 bridgehead atoms. The number of carbonyl (C=O) groups excluding carboxylic acids is 2. The Morgan fingerprint density at radius 3 is 1.95 bits per heavy atom. The number of carbonyl (C=O) groups is 3. The summed E-state index contributed by atoms with van der Waals surface area (Å²) in [6.07, 6.45) is 14.9. The molecule has 0 aromatic rings. The third-order valence-corrected chi connectivity index (χ3v) is 11.4. The number of carboxylic acid groups (broad SMARTS) is 1. The van der Waals surface area contributed by atoms with Crippen LogP contribution in [0.1, 0.15) is 138 Å². The number of hydrogen-bond donors (Lipinski definition) is 1. The van der Waals surface area contributed by atoms with Crippen molar-refractivity contribution in [3.8, 4) is 0 Å². The minimum absolute atomic E-state index is 0.0231. The smallest absolute Gasteiger partial charge is 0.312 e. The lowest BCUT2D eigenvalue weighted by molar-refractivity contribution is -0.166. The third-order valence-electron chi connectivity index (χ3n) is 11.4. The Morgan fingerprint density at radius 2 is 1.45 bits per heavy atom. The Kier molecular flexibility index (Phi) is 14.5. The van der Waals surface area contributed by atoms with Crippen molar-refractivity contribution in [3.63, 3.8) is 0 Å². The van der Waals surface area contributed by atoms with E-state index in [2.05, 4.69) is 34.6 Å². The molecule has 3 aliphatic heterocycles. The van der Waals surface area contributed by atoms with Crippen LogP contribution in [0.5, 0.6) is 0 Å². The van der Waals surface area contributed by atoms with Crippen LogP contribution in [0.3, 0.4) is 0 Å². The number of ether oxygens (including phenoxy) is 4. The van der Waals surface area contributed by atoms with Gasteiger partial charge in [-0.2, -0.15) is 0 Å². The minimum atomic E-state index is -0.710. The molecule has 2 saturated carbocycles. The zero-order valence-electron chi connectivity index (χ0n) is 28.7. The van der Waals surface area contributed by atoms with Crippen LogP contribution in [0.25, 0.3) is 0 Å². The van der Waals surface area contributed by atoms with Gasteiger partial charge in [0.05, 0.1) is 48.8 Å². The van der Waals surface area contributed by atoms with E-state index in [1.165, 1.54) is 25.7 Å². The van der Waals surface area contributed by atoms with Crippen LogP contribution in [0.4, 0.5) is 0 Å². The zero-order chi connectivity index (χ0) is 32.4. The molecule has 3 heterocycles. The lowest BCUT2D eigenvalue weighted by Crippen LogP contribution is -2.35. The summed E-state index contributed by atoms with van der Waals surface area (Å²) in [5, 5.41) is 8.85. The maximum atomic E-state index is 12.6. The molecule has 44 heavy (non-hydrogen) atoms. The van der Waals surface area contributed by atoms with Crippen LogP contribution in [0, 0.1) is 35.5 Å². The highest BCUT2D eigenvalue weighted by Crippen LogP contribution is 2.44. The molecule has 2 aliphatic carbocycles. The predicted molar refractivity (Wildman–Crippen MR) is 170 cm³/mol. The molecular weight excluding hydrogens is 560 g/mol. The Hall–Kier alpha value is -1.67. The molecule has 8 nitrogen and oxygen atoms in total. The molecule has 8 heteroatoms. The summed E-state index contributed by atoms with van der Waals surface area (Å²) in [5.41, 5.74) is -0.111. The van der Waals surface area contributed by atoms with Crippen molar-refractivity contribution in [2.75, 3.05) is 6.61 Å². The van der Waals surface area contributed by atoms with Gasteiger partial charge in [-0.3, -0.25) is 14.4 Å². The monoisotopic (exact) mass is 622 g/mol. The van der Waals surface area contributed by atoms with E-state index in [0.29, 0.717) is 24.9 Å². The van der Waals surface area contributed by atoms with Gasteiger partial charge in [0.25, 0.3) is 0 Å². The van der Waals surface area contributed by atoms with Gasteiger partial charge in [-0.25, -0.2) is 0 Å². The molecule has 0 aromatic heterocycles. The molecule has 1 N–H and O–H groups in total. The van der Waals surface area contributed by atoms with Crippen LogP contribution < -0.4 is 0 Å². The first kappa shape index (κ1) is 36.8. The second-order valence-corrected chi connectivity index (χ2v) is 13.8. The average Bonchev–Trinajstić information content (AvgIpc) is 3.86. The first-order valence-electron chi connectivity index (χ1n) is 18.0. The van der Waals surface area contributed by atoms with Gasteiger partial charge in [0, 0.05) is 5.92 Å². The highest BCUT2D eigenvalue weighted by Gasteiger charge is 2.52. The highest BCUT2D eigenvalue weighted by molar-refractivity contribution is 5.76. The lowest BCUT2D eigenvalue weighted by Gasteiger charge is -2.30. The standard InChI is InChI=1S/C17H30O2.C10H16O3.C9H16O3/c1-4-13-11-14(5-2)15(12-13)16(18)19-17(6-3)9-7-8-10-17;1-3-7-6-5-12-10(11)9(6)8(4-2)13-7;1-3-6-5-7(9(10)11)8(4-2)12-6/h13-15H,4-12H2,1-3H3;6-9H,3-5H2,1-2H3;6-8H,3-5H2,1-2H3,(H,10,11). The number of fused-ring (bicyclic) bond motifs is 1. The largest absolute Gasteiger partial charge is 0.481 e. The number of carboxylic acids is 1. The van der Waals surface area contributed by atoms with E-state index in [9.17, 15) is 14.4 Å². The molecule has 5 rings (SSSR count). The van der Waals surface area contributed by atoms with Crippen molar-refractivity contribution in [3.05, 3.63) is 0 Å². The molecular formula is C36H62O8. The van der Waals surface area contributed by atoms with E-state index in [4.69, 9.17) is 24.1 Å². The summed E-state index contributed by atoms with van der Waals surface area (Å²) in [4.78, 5) is 34.7. The van der Waals surface area contributed by atoms with Gasteiger partial charge in [0.2, 0.25) is 0 Å². The van der Waals surface area contributed by atoms with E-state index >= 15 is 0 Å². The van der Waals surface area contributed by atoms with Gasteiger partial charge in [0.15, 0.2) is 0 Å². The quantitative estimate of drug-likeness (QED) is 0.247. The molecule has 5 aliphatic rings. The van der Waals surface area contributed by atoms with Gasteiger partial charge < -0.3 is 24.1 Å². The molecule has 0 aromatic carbocycles. The number of esters is 2. The Bertz CT molecular complexity index is 914. The molecule has 0 amide bonds. The Labute approximate surface area is 266 Å². The SMILES string of the molecule is CCC1CC(C(=O)O)C(CC)O1.CCC1CC(CC)C(C(=O)OC2(CC)CCCC2)C1.CCC1OC(CC)C2C(=O)OCC12. The molecule has 5 fully saturated rings. The predicted octanol–water partition coefficient (Wildman–Crippen LogP) is 7.74. The third kappa shape index (κ3) is 8.77. The molecule has 10 atom stereocenters. The van der Waals surface area contributed by atoms with Crippen LogP contribution in [0.2, 0.25) is 0 Å². The molecule has 3 saturated heterocycles. The first-order valence-corrected chi connectivity index (χ1v) is 18.0. The second-order valence-electron chi connectivity index (χ2n) is 13.8. The minimum Gasteiger partial charge on any atom is -0.481 e. The van der Waals surface area contributed by atoms with E-state index < -0.39 is 5.97 Å². The van der Waals surface area contributed by atoms with Crippen LogP contribution in [0.15, 0.2) is 0 Å². The molecule has 254 valence electrons. The number of cyclic esters (lactones) is 1. The van der Waals surface area contributed by atoms with E-state index in [1.807, 2.05) is 13.8 Å². The van der Waals surface area contributed by atoms with Crippen molar-refractivity contribution in [1.29, 1.82) is 0 Å². The summed E-state index contributed by atoms with van der Waals surface area (Å²) in [5.74, 6) is 0.907. The van der Waals surface area contributed by atoms with Crippen LogP contribution in [-0.2, 0) is 33.3 Å². The van der Waals surface area contributed by atoms with Gasteiger partial charge in [0.1, 0.15) is 5.60 Å². The molecule has 0 spiro atoms. The normalized spacial score (nSPS) is 36.9. The van der Waals surface area contributed by atoms with Gasteiger partial charge in [-0.05, 0) is 88.9 Å². The van der Waals surface area contributed by atoms with Crippen molar-refractivity contribution in [2.45, 2.75) is 168 Å². The topological polar surface area (TPSA) is 108 Å². The number of rotatable bonds is 10. The fourth-order valence-electron chi connectivity index (χ4n) is 8.36. The summed E-state index contributed by atoms with van der Waals surface area (Å²) in [6, 6.07) is 0. The summed E-state index contributed by atoms with van der Waals surface area (Å²) in [6.45, 7) is 15.4. The molecule has 0 radical (unpaired) electrons. The van der Waals surface area contributed by atoms with E-state index in [0.717, 1.165) is 63.7 Å². The lowest BCUT2D eigenvalue weighted by atomic mass is 9.88. The Morgan fingerprint density at radius 1 is 0.795 bits per heavy atom. The highest BCUT2D eigenvalue weighted by atomic mass is 16.6. The van der Waals surface area contributed by atoms with Crippen molar-refractivity contribution < 1.29 is 38.4 Å². The van der Waals surface area contributed by atoms with Crippen molar-refractivity contribution in [2.24, 2.45) is 35.5 Å². The molecule has 10 unspecified atom stereocenters. The summed E-state index contributed by atoms with van der Waals surface area (Å²) >= 11 is 0. The maximum Gasteiger partial charge on any atom is 0.312 e. The van der Waals surface area contributed by atoms with E-state index in [-0.39, 0.29) is 59.7 Å². The van der Waals surface area contributed by atoms with Crippen molar-refractivity contribution >= 4 is 17.9 Å². The number of hydrogen-bond acceptors (Lipinski definition) is 7. The van der Waals surface area contributed by atoms with Crippen molar-refractivity contribution in [1.82, 2.24) is 0 Å². The summed E-state index contributed by atoms with van der Waals surface area (Å²) in [7, 11) is 0. The fraction of sp³-hybridized carbons (Fsp3) is 0.917. The van der Waals surface area contributed by atoms with Gasteiger partial charge in [-0.1, -0.05) is 61.3 Å². The summed E-state index contributed by atoms with van der Waals surface area (Å²) < 4.78 is 22.4. The number of aliphatic carboxylic acids is 1. The fourth-order valence-corrected chi connectivity index (χ4v) is 8.36. The van der Waals surface area contributed by atoms with Gasteiger partial charge in [-0.15, -0.1) is 0 Å². The van der Waals surface area contributed by atoms with Crippen LogP contribution in [-0.4, -0.2) is 59.6 Å².